The summed E-state index contributed by atoms with van der Waals surface area (Å²) in [4.78, 5) is 11.9. The van der Waals surface area contributed by atoms with E-state index in [1.807, 2.05) is 13.8 Å². The first kappa shape index (κ1) is 13.4. The molecule has 1 aromatic rings. The second kappa shape index (κ2) is 5.57. The van der Waals surface area contributed by atoms with Crippen molar-refractivity contribution in [3.63, 3.8) is 0 Å². The monoisotopic (exact) mass is 238 g/mol. The Hall–Kier alpha value is -1.71. The van der Waals surface area contributed by atoms with Crippen LogP contribution in [0.2, 0.25) is 0 Å². The molecule has 0 radical (unpaired) electrons. The second-order valence-electron chi connectivity index (χ2n) is 3.93. The molecule has 0 saturated carbocycles. The van der Waals surface area contributed by atoms with Crippen LogP contribution in [0.15, 0.2) is 12.1 Å². The van der Waals surface area contributed by atoms with Gasteiger partial charge in [-0.1, -0.05) is 13.8 Å². The topological polar surface area (TPSA) is 44.8 Å². The Morgan fingerprint density at radius 2 is 1.47 bits per heavy atom. The molecular weight excluding hydrogens is 220 g/mol. The van der Waals surface area contributed by atoms with Crippen LogP contribution < -0.4 is 14.2 Å². The second-order valence-corrected chi connectivity index (χ2v) is 3.93. The first-order valence-corrected chi connectivity index (χ1v) is 5.39. The van der Waals surface area contributed by atoms with Gasteiger partial charge in [-0.2, -0.15) is 0 Å². The Kier molecular flexibility index (Phi) is 4.37. The quantitative estimate of drug-likeness (QED) is 0.739. The van der Waals surface area contributed by atoms with Crippen molar-refractivity contribution in [1.29, 1.82) is 0 Å². The van der Waals surface area contributed by atoms with E-state index in [-0.39, 0.29) is 11.7 Å². The molecule has 0 saturated heterocycles. The molecule has 4 nitrogen and oxygen atoms in total. The Balaban J connectivity index is 3.32. The maximum atomic E-state index is 11.9. The number of hydrogen-bond acceptors (Lipinski definition) is 4. The summed E-state index contributed by atoms with van der Waals surface area (Å²) in [5.74, 6) is 1.46. The summed E-state index contributed by atoms with van der Waals surface area (Å²) in [6.45, 7) is 3.71. The number of carbonyl (C=O) groups excluding carboxylic acids is 1. The molecule has 0 unspecified atom stereocenters. The van der Waals surface area contributed by atoms with E-state index >= 15 is 0 Å². The summed E-state index contributed by atoms with van der Waals surface area (Å²) in [5, 5.41) is 0. The van der Waals surface area contributed by atoms with Crippen LogP contribution in [0, 0.1) is 5.92 Å². The number of benzene rings is 1. The lowest BCUT2D eigenvalue weighted by Gasteiger charge is -2.14. The van der Waals surface area contributed by atoms with Crippen molar-refractivity contribution in [2.75, 3.05) is 21.3 Å². The van der Waals surface area contributed by atoms with Crippen molar-refractivity contribution < 1.29 is 19.0 Å². The molecular formula is C13H18O4. The van der Waals surface area contributed by atoms with E-state index in [4.69, 9.17) is 14.2 Å². The lowest BCUT2D eigenvalue weighted by Crippen LogP contribution is -2.08. The Labute approximate surface area is 101 Å². The molecule has 0 spiro atoms. The molecule has 1 aromatic carbocycles. The van der Waals surface area contributed by atoms with Gasteiger partial charge in [0.05, 0.1) is 21.3 Å². The molecule has 0 heterocycles. The van der Waals surface area contributed by atoms with Crippen molar-refractivity contribution in [2.45, 2.75) is 13.8 Å². The van der Waals surface area contributed by atoms with Crippen molar-refractivity contribution in [3.05, 3.63) is 17.7 Å². The number of ether oxygens (including phenoxy) is 3. The summed E-state index contributed by atoms with van der Waals surface area (Å²) >= 11 is 0. The highest BCUT2D eigenvalue weighted by molar-refractivity contribution is 5.98. The SMILES string of the molecule is COc1cc(C(=O)C(C)C)cc(OC)c1OC. The van der Waals surface area contributed by atoms with Crippen LogP contribution in [0.1, 0.15) is 24.2 Å². The van der Waals surface area contributed by atoms with E-state index in [1.54, 1.807) is 12.1 Å². The molecule has 0 amide bonds. The normalized spacial score (nSPS) is 10.2. The smallest absolute Gasteiger partial charge is 0.203 e. The predicted molar refractivity (Wildman–Crippen MR) is 65.3 cm³/mol. The summed E-state index contributed by atoms with van der Waals surface area (Å²) in [7, 11) is 4.59. The number of methoxy groups -OCH3 is 3. The van der Waals surface area contributed by atoms with E-state index in [0.29, 0.717) is 22.8 Å². The van der Waals surface area contributed by atoms with Gasteiger partial charge in [-0.25, -0.2) is 0 Å². The third-order valence-corrected chi connectivity index (χ3v) is 2.47. The summed E-state index contributed by atoms with van der Waals surface area (Å²) < 4.78 is 15.6. The minimum absolute atomic E-state index is 0.0456. The van der Waals surface area contributed by atoms with Crippen molar-refractivity contribution in [2.24, 2.45) is 5.92 Å². The van der Waals surface area contributed by atoms with Gasteiger partial charge in [0.25, 0.3) is 0 Å². The molecule has 94 valence electrons. The first-order valence-electron chi connectivity index (χ1n) is 5.39. The molecule has 0 atom stereocenters. The minimum Gasteiger partial charge on any atom is -0.493 e. The largest absolute Gasteiger partial charge is 0.493 e. The van der Waals surface area contributed by atoms with Gasteiger partial charge in [0.2, 0.25) is 5.75 Å². The summed E-state index contributed by atoms with van der Waals surface area (Å²) in [6, 6.07) is 3.34. The van der Waals surface area contributed by atoms with Crippen molar-refractivity contribution in [1.82, 2.24) is 0 Å². The number of rotatable bonds is 5. The van der Waals surface area contributed by atoms with E-state index < -0.39 is 0 Å². The molecule has 17 heavy (non-hydrogen) atoms. The van der Waals surface area contributed by atoms with Gasteiger partial charge in [0.1, 0.15) is 0 Å². The van der Waals surface area contributed by atoms with E-state index in [0.717, 1.165) is 0 Å². The van der Waals surface area contributed by atoms with Gasteiger partial charge < -0.3 is 14.2 Å². The van der Waals surface area contributed by atoms with E-state index in [1.165, 1.54) is 21.3 Å². The lowest BCUT2D eigenvalue weighted by molar-refractivity contribution is 0.0938. The number of Topliss-reactive ketones (excluding diaryl/α,β-unsaturated/α-hetero) is 1. The van der Waals surface area contributed by atoms with E-state index in [2.05, 4.69) is 0 Å². The highest BCUT2D eigenvalue weighted by Crippen LogP contribution is 2.38. The fourth-order valence-corrected chi connectivity index (χ4v) is 1.56. The van der Waals surface area contributed by atoms with E-state index in [9.17, 15) is 4.79 Å². The van der Waals surface area contributed by atoms with Gasteiger partial charge in [-0.05, 0) is 12.1 Å². The van der Waals surface area contributed by atoms with Crippen LogP contribution >= 0.6 is 0 Å². The first-order chi connectivity index (χ1) is 8.04. The van der Waals surface area contributed by atoms with Crippen molar-refractivity contribution in [3.8, 4) is 17.2 Å². The molecule has 4 heteroatoms. The molecule has 0 fully saturated rings. The maximum Gasteiger partial charge on any atom is 0.203 e. The van der Waals surface area contributed by atoms with Gasteiger partial charge in [-0.3, -0.25) is 4.79 Å². The molecule has 1 rings (SSSR count). The average Bonchev–Trinajstić information content (AvgIpc) is 2.35. The predicted octanol–water partition coefficient (Wildman–Crippen LogP) is 2.55. The van der Waals surface area contributed by atoms with Crippen molar-refractivity contribution >= 4 is 5.78 Å². The fraction of sp³-hybridized carbons (Fsp3) is 0.462. The summed E-state index contributed by atoms with van der Waals surface area (Å²) in [5.41, 5.74) is 0.564. The van der Waals surface area contributed by atoms with Crippen LogP contribution in [0.25, 0.3) is 0 Å². The third kappa shape index (κ3) is 2.70. The lowest BCUT2D eigenvalue weighted by atomic mass is 10.0. The highest BCUT2D eigenvalue weighted by Gasteiger charge is 2.18. The van der Waals surface area contributed by atoms with Gasteiger partial charge >= 0.3 is 0 Å². The van der Waals surface area contributed by atoms with Gasteiger partial charge in [0, 0.05) is 11.5 Å². The Morgan fingerprint density at radius 1 is 1.00 bits per heavy atom. The molecule has 0 aliphatic carbocycles. The Bertz CT molecular complexity index is 385. The van der Waals surface area contributed by atoms with Gasteiger partial charge in [-0.15, -0.1) is 0 Å². The zero-order valence-corrected chi connectivity index (χ0v) is 10.9. The standard InChI is InChI=1S/C13H18O4/c1-8(2)12(14)9-6-10(15-3)13(17-5)11(7-9)16-4/h6-8H,1-5H3. The number of ketones is 1. The summed E-state index contributed by atoms with van der Waals surface area (Å²) in [6.07, 6.45) is 0. The Morgan fingerprint density at radius 3 is 1.76 bits per heavy atom. The molecule has 0 aliphatic heterocycles. The molecule has 0 bridgehead atoms. The number of carbonyl (C=O) groups is 1. The number of hydrogen-bond donors (Lipinski definition) is 0. The third-order valence-electron chi connectivity index (χ3n) is 2.47. The molecule has 0 aliphatic rings. The molecule has 0 aromatic heterocycles. The van der Waals surface area contributed by atoms with Crippen LogP contribution in [0.5, 0.6) is 17.2 Å². The fourth-order valence-electron chi connectivity index (χ4n) is 1.56. The average molecular weight is 238 g/mol. The van der Waals surface area contributed by atoms with Crippen LogP contribution in [0.3, 0.4) is 0 Å². The minimum atomic E-state index is -0.0715. The van der Waals surface area contributed by atoms with Crippen LogP contribution in [-0.4, -0.2) is 27.1 Å². The maximum absolute atomic E-state index is 11.9. The molecule has 0 N–H and O–H groups in total. The van der Waals surface area contributed by atoms with Gasteiger partial charge in [0.15, 0.2) is 17.3 Å². The van der Waals surface area contributed by atoms with Crippen LogP contribution in [-0.2, 0) is 0 Å². The van der Waals surface area contributed by atoms with Crippen LogP contribution in [0.4, 0.5) is 0 Å². The zero-order chi connectivity index (χ0) is 13.0. The zero-order valence-electron chi connectivity index (χ0n) is 10.9. The highest BCUT2D eigenvalue weighted by atomic mass is 16.5.